The molecule has 3 rings (SSSR count). The lowest BCUT2D eigenvalue weighted by molar-refractivity contribution is -0.140. The molecule has 0 bridgehead atoms. The van der Waals surface area contributed by atoms with E-state index in [1.54, 1.807) is 16.7 Å². The number of carboxylic acids is 1. The van der Waals surface area contributed by atoms with Gasteiger partial charge in [0.05, 0.1) is 11.0 Å². The van der Waals surface area contributed by atoms with E-state index < -0.39 is 12.0 Å². The molecular weight excluding hydrogens is 300 g/mol. The number of hydrogen-bond acceptors (Lipinski definition) is 2. The van der Waals surface area contributed by atoms with Crippen molar-refractivity contribution in [3.05, 3.63) is 53.6 Å². The monoisotopic (exact) mass is 314 g/mol. The minimum Gasteiger partial charge on any atom is -0.480 e. The lowest BCUT2D eigenvalue weighted by Gasteiger charge is -2.16. The predicted molar refractivity (Wildman–Crippen MR) is 87.1 cm³/mol. The molecular formula is C17H15ClN2O2. The molecule has 0 aliphatic carbocycles. The zero-order chi connectivity index (χ0) is 15.7. The molecule has 2 aromatic carbocycles. The van der Waals surface area contributed by atoms with E-state index in [1.165, 1.54) is 0 Å². The third-order valence-electron chi connectivity index (χ3n) is 3.68. The third-order valence-corrected chi connectivity index (χ3v) is 3.93. The van der Waals surface area contributed by atoms with Crippen molar-refractivity contribution in [3.8, 4) is 11.4 Å². The van der Waals surface area contributed by atoms with E-state index in [1.807, 2.05) is 43.3 Å². The highest BCUT2D eigenvalue weighted by atomic mass is 35.5. The lowest BCUT2D eigenvalue weighted by atomic mass is 10.1. The topological polar surface area (TPSA) is 55.1 Å². The van der Waals surface area contributed by atoms with Crippen LogP contribution in [-0.4, -0.2) is 20.6 Å². The van der Waals surface area contributed by atoms with Gasteiger partial charge < -0.3 is 9.67 Å². The Morgan fingerprint density at radius 1 is 1.23 bits per heavy atom. The Morgan fingerprint density at radius 2 is 1.91 bits per heavy atom. The number of fused-ring (bicyclic) bond motifs is 1. The summed E-state index contributed by atoms with van der Waals surface area (Å²) in [7, 11) is 0. The minimum absolute atomic E-state index is 0.482. The zero-order valence-electron chi connectivity index (χ0n) is 12.0. The van der Waals surface area contributed by atoms with Gasteiger partial charge in [-0.3, -0.25) is 0 Å². The Morgan fingerprint density at radius 3 is 2.55 bits per heavy atom. The molecule has 0 saturated heterocycles. The van der Waals surface area contributed by atoms with Gasteiger partial charge in [0.25, 0.3) is 0 Å². The van der Waals surface area contributed by atoms with Crippen molar-refractivity contribution in [1.29, 1.82) is 0 Å². The molecule has 1 heterocycles. The summed E-state index contributed by atoms with van der Waals surface area (Å²) in [6, 6.07) is 14.2. The van der Waals surface area contributed by atoms with Crippen LogP contribution in [0.25, 0.3) is 22.4 Å². The van der Waals surface area contributed by atoms with Crippen LogP contribution in [-0.2, 0) is 4.79 Å². The van der Waals surface area contributed by atoms with Gasteiger partial charge in [-0.05, 0) is 42.8 Å². The summed E-state index contributed by atoms with van der Waals surface area (Å²) in [5.41, 5.74) is 2.45. The molecule has 3 aromatic rings. The fraction of sp³-hybridized carbons (Fsp3) is 0.176. The number of aliphatic carboxylic acids is 1. The average Bonchev–Trinajstić information content (AvgIpc) is 2.88. The SMILES string of the molecule is CCC(C(=O)O)n1c(-c2ccc(Cl)cc2)nc2ccccc21. The standard InChI is InChI=1S/C17H15ClN2O2/c1-2-14(17(21)22)20-15-6-4-3-5-13(15)19-16(20)11-7-9-12(18)10-8-11/h3-10,14H,2H2,1H3,(H,21,22). The molecule has 4 nitrogen and oxygen atoms in total. The molecule has 0 aliphatic heterocycles. The van der Waals surface area contributed by atoms with Crippen molar-refractivity contribution >= 4 is 28.6 Å². The molecule has 22 heavy (non-hydrogen) atoms. The molecule has 1 aromatic heterocycles. The third kappa shape index (κ3) is 2.46. The number of rotatable bonds is 4. The van der Waals surface area contributed by atoms with Gasteiger partial charge in [0.2, 0.25) is 0 Å². The van der Waals surface area contributed by atoms with E-state index in [-0.39, 0.29) is 0 Å². The summed E-state index contributed by atoms with van der Waals surface area (Å²) in [6.07, 6.45) is 0.482. The first kappa shape index (κ1) is 14.6. The van der Waals surface area contributed by atoms with Crippen LogP contribution in [0.1, 0.15) is 19.4 Å². The summed E-state index contributed by atoms with van der Waals surface area (Å²) in [5, 5.41) is 10.2. The highest BCUT2D eigenvalue weighted by molar-refractivity contribution is 6.30. The van der Waals surface area contributed by atoms with E-state index >= 15 is 0 Å². The molecule has 1 N–H and O–H groups in total. The van der Waals surface area contributed by atoms with Crippen LogP contribution in [0, 0.1) is 0 Å². The van der Waals surface area contributed by atoms with Crippen LogP contribution >= 0.6 is 11.6 Å². The van der Waals surface area contributed by atoms with E-state index in [2.05, 4.69) is 4.98 Å². The summed E-state index contributed by atoms with van der Waals surface area (Å²) >= 11 is 5.94. The maximum Gasteiger partial charge on any atom is 0.326 e. The summed E-state index contributed by atoms with van der Waals surface area (Å²) in [6.45, 7) is 1.86. The van der Waals surface area contributed by atoms with Gasteiger partial charge in [-0.1, -0.05) is 30.7 Å². The first-order valence-corrected chi connectivity index (χ1v) is 7.45. The Balaban J connectivity index is 2.29. The van der Waals surface area contributed by atoms with E-state index in [9.17, 15) is 9.90 Å². The first-order chi connectivity index (χ1) is 10.6. The first-order valence-electron chi connectivity index (χ1n) is 7.07. The maximum atomic E-state index is 11.6. The summed E-state index contributed by atoms with van der Waals surface area (Å²) < 4.78 is 1.79. The van der Waals surface area contributed by atoms with Gasteiger partial charge in [-0.25, -0.2) is 9.78 Å². The Bertz CT molecular complexity index is 824. The van der Waals surface area contributed by atoms with Crippen LogP contribution in [0.3, 0.4) is 0 Å². The quantitative estimate of drug-likeness (QED) is 0.777. The van der Waals surface area contributed by atoms with Crippen LogP contribution in [0.5, 0.6) is 0 Å². The molecule has 0 radical (unpaired) electrons. The highest BCUT2D eigenvalue weighted by Gasteiger charge is 2.24. The molecule has 0 fully saturated rings. The largest absolute Gasteiger partial charge is 0.480 e. The van der Waals surface area contributed by atoms with Gasteiger partial charge in [0.1, 0.15) is 11.9 Å². The second-order valence-electron chi connectivity index (χ2n) is 5.06. The molecule has 0 aliphatic rings. The number of benzene rings is 2. The molecule has 1 unspecified atom stereocenters. The number of hydrogen-bond donors (Lipinski definition) is 1. The zero-order valence-corrected chi connectivity index (χ0v) is 12.8. The van der Waals surface area contributed by atoms with E-state index in [0.717, 1.165) is 16.6 Å². The van der Waals surface area contributed by atoms with Crippen molar-refractivity contribution in [2.75, 3.05) is 0 Å². The normalized spacial score (nSPS) is 12.5. The minimum atomic E-state index is -0.860. The number of nitrogens with zero attached hydrogens (tertiary/aromatic N) is 2. The number of para-hydroxylation sites is 2. The number of carbonyl (C=O) groups is 1. The van der Waals surface area contributed by atoms with Crippen molar-refractivity contribution in [2.45, 2.75) is 19.4 Å². The van der Waals surface area contributed by atoms with Crippen LogP contribution < -0.4 is 0 Å². The Labute approximate surface area is 133 Å². The number of halogens is 1. The van der Waals surface area contributed by atoms with Crippen molar-refractivity contribution < 1.29 is 9.90 Å². The van der Waals surface area contributed by atoms with Gasteiger partial charge in [-0.15, -0.1) is 0 Å². The van der Waals surface area contributed by atoms with Gasteiger partial charge in [-0.2, -0.15) is 0 Å². The number of carboxylic acid groups (broad SMARTS) is 1. The molecule has 0 spiro atoms. The van der Waals surface area contributed by atoms with E-state index in [4.69, 9.17) is 11.6 Å². The smallest absolute Gasteiger partial charge is 0.326 e. The fourth-order valence-corrected chi connectivity index (χ4v) is 2.76. The summed E-state index contributed by atoms with van der Waals surface area (Å²) in [4.78, 5) is 16.3. The van der Waals surface area contributed by atoms with Gasteiger partial charge in [0, 0.05) is 10.6 Å². The molecule has 0 saturated carbocycles. The number of imidazole rings is 1. The fourth-order valence-electron chi connectivity index (χ4n) is 2.63. The molecule has 5 heteroatoms. The van der Waals surface area contributed by atoms with Crippen LogP contribution in [0.4, 0.5) is 0 Å². The van der Waals surface area contributed by atoms with Crippen molar-refractivity contribution in [2.24, 2.45) is 0 Å². The Hall–Kier alpha value is -2.33. The Kier molecular flexibility index (Phi) is 3.86. The predicted octanol–water partition coefficient (Wildman–Crippen LogP) is 4.39. The van der Waals surface area contributed by atoms with Gasteiger partial charge in [0.15, 0.2) is 0 Å². The van der Waals surface area contributed by atoms with E-state index in [0.29, 0.717) is 17.3 Å². The maximum absolute atomic E-state index is 11.6. The second-order valence-corrected chi connectivity index (χ2v) is 5.50. The van der Waals surface area contributed by atoms with Crippen LogP contribution in [0.15, 0.2) is 48.5 Å². The summed E-state index contributed by atoms with van der Waals surface area (Å²) in [5.74, 6) is -0.215. The second kappa shape index (κ2) is 5.81. The molecule has 0 amide bonds. The lowest BCUT2D eigenvalue weighted by Crippen LogP contribution is -2.19. The molecule has 1 atom stereocenters. The average molecular weight is 315 g/mol. The number of aromatic nitrogens is 2. The van der Waals surface area contributed by atoms with Crippen LogP contribution in [0.2, 0.25) is 5.02 Å². The highest BCUT2D eigenvalue weighted by Crippen LogP contribution is 2.30. The van der Waals surface area contributed by atoms with Crippen molar-refractivity contribution in [3.63, 3.8) is 0 Å². The molecule has 112 valence electrons. The van der Waals surface area contributed by atoms with Crippen molar-refractivity contribution in [1.82, 2.24) is 9.55 Å². The van der Waals surface area contributed by atoms with Gasteiger partial charge >= 0.3 is 5.97 Å².